The van der Waals surface area contributed by atoms with Gasteiger partial charge in [0.15, 0.2) is 11.7 Å². The molecule has 1 aromatic heterocycles. The van der Waals surface area contributed by atoms with Crippen LogP contribution in [0.5, 0.6) is 0 Å². The van der Waals surface area contributed by atoms with Crippen molar-refractivity contribution in [2.75, 3.05) is 0 Å². The number of Topliss-reactive ketones (excluding diaryl/α,β-unsaturated/α-hetero) is 1. The zero-order chi connectivity index (χ0) is 18.4. The maximum absolute atomic E-state index is 12.5. The van der Waals surface area contributed by atoms with Gasteiger partial charge >= 0.3 is 0 Å². The second-order valence-electron chi connectivity index (χ2n) is 5.95. The van der Waals surface area contributed by atoms with E-state index in [1.807, 2.05) is 47.8 Å². The number of nitriles is 1. The van der Waals surface area contributed by atoms with Crippen LogP contribution in [0.2, 0.25) is 5.02 Å². The van der Waals surface area contributed by atoms with Crippen LogP contribution in [0.4, 0.5) is 0 Å². The number of carbonyl (C=O) groups excluding carboxylic acids is 1. The van der Waals surface area contributed by atoms with Gasteiger partial charge in [0.1, 0.15) is 5.01 Å². The summed E-state index contributed by atoms with van der Waals surface area (Å²) in [6.45, 7) is 0. The van der Waals surface area contributed by atoms with Crippen LogP contribution in [0, 0.1) is 11.3 Å². The van der Waals surface area contributed by atoms with Gasteiger partial charge in [-0.3, -0.25) is 4.79 Å². The zero-order valence-corrected chi connectivity index (χ0v) is 15.6. The van der Waals surface area contributed by atoms with Gasteiger partial charge in [0.25, 0.3) is 0 Å². The summed E-state index contributed by atoms with van der Waals surface area (Å²) in [5.41, 5.74) is 2.89. The first-order valence-electron chi connectivity index (χ1n) is 8.35. The van der Waals surface area contributed by atoms with Crippen molar-refractivity contribution >= 4 is 28.7 Å². The number of benzene rings is 2. The lowest BCUT2D eigenvalue weighted by Crippen LogP contribution is -2.10. The Bertz CT molecular complexity index is 913. The summed E-state index contributed by atoms with van der Waals surface area (Å²) in [6, 6.07) is 19.5. The van der Waals surface area contributed by atoms with E-state index in [4.69, 9.17) is 11.6 Å². The van der Waals surface area contributed by atoms with Crippen molar-refractivity contribution in [2.24, 2.45) is 0 Å². The number of halogens is 1. The Kier molecular flexibility index (Phi) is 6.17. The van der Waals surface area contributed by atoms with E-state index >= 15 is 0 Å². The number of hydrogen-bond acceptors (Lipinski definition) is 4. The van der Waals surface area contributed by atoms with Crippen LogP contribution in [-0.4, -0.2) is 10.8 Å². The van der Waals surface area contributed by atoms with Gasteiger partial charge < -0.3 is 0 Å². The molecule has 0 amide bonds. The smallest absolute Gasteiger partial charge is 0.156 e. The summed E-state index contributed by atoms with van der Waals surface area (Å²) >= 11 is 7.26. The highest BCUT2D eigenvalue weighted by Crippen LogP contribution is 2.28. The third-order valence-corrected chi connectivity index (χ3v) is 5.25. The molecule has 1 heterocycles. The van der Waals surface area contributed by atoms with E-state index in [9.17, 15) is 10.1 Å². The Labute approximate surface area is 161 Å². The van der Waals surface area contributed by atoms with E-state index in [1.165, 1.54) is 16.9 Å². The molecule has 3 nitrogen and oxygen atoms in total. The molecular formula is C21H17ClN2OS. The van der Waals surface area contributed by atoms with Crippen molar-refractivity contribution in [1.29, 1.82) is 5.26 Å². The Morgan fingerprint density at radius 1 is 1.15 bits per heavy atom. The topological polar surface area (TPSA) is 53.8 Å². The normalized spacial score (nSPS) is 11.7. The fraction of sp³-hybridized carbons (Fsp3) is 0.190. The lowest BCUT2D eigenvalue weighted by molar-refractivity contribution is -0.119. The molecule has 5 heteroatoms. The number of thiazole rings is 1. The number of ketones is 1. The standard InChI is InChI=1S/C21H17ClN2OS/c22-17-11-9-16(10-12-17)19-14-26-21(24-19)18(13-23)20(25)8-4-7-15-5-2-1-3-6-15/h1-3,5-6,9-12,14,18H,4,7-8H2. The molecule has 130 valence electrons. The number of nitrogens with zero attached hydrogens (tertiary/aromatic N) is 2. The van der Waals surface area contributed by atoms with Gasteiger partial charge in [-0.25, -0.2) is 4.98 Å². The average Bonchev–Trinajstić information content (AvgIpc) is 3.13. The maximum atomic E-state index is 12.5. The highest BCUT2D eigenvalue weighted by atomic mass is 35.5. The molecule has 0 saturated carbocycles. The summed E-state index contributed by atoms with van der Waals surface area (Å²) in [5, 5.41) is 12.6. The van der Waals surface area contributed by atoms with E-state index in [1.54, 1.807) is 12.1 Å². The van der Waals surface area contributed by atoms with Crippen molar-refractivity contribution < 1.29 is 4.79 Å². The van der Waals surface area contributed by atoms with Crippen molar-refractivity contribution in [3.05, 3.63) is 75.6 Å². The highest BCUT2D eigenvalue weighted by molar-refractivity contribution is 7.10. The van der Waals surface area contributed by atoms with Crippen LogP contribution in [0.15, 0.2) is 60.0 Å². The quantitative estimate of drug-likeness (QED) is 0.531. The number of rotatable bonds is 7. The Hall–Kier alpha value is -2.48. The molecule has 0 bridgehead atoms. The van der Waals surface area contributed by atoms with Gasteiger partial charge in [-0.1, -0.05) is 54.1 Å². The third kappa shape index (κ3) is 4.57. The molecule has 0 aliphatic heterocycles. The molecule has 2 aromatic carbocycles. The number of aryl methyl sites for hydroxylation is 1. The van der Waals surface area contributed by atoms with Crippen LogP contribution >= 0.6 is 22.9 Å². The van der Waals surface area contributed by atoms with Crippen molar-refractivity contribution in [3.8, 4) is 17.3 Å². The van der Waals surface area contributed by atoms with Gasteiger partial charge in [0.2, 0.25) is 0 Å². The monoisotopic (exact) mass is 380 g/mol. The lowest BCUT2D eigenvalue weighted by Gasteiger charge is -2.05. The minimum Gasteiger partial charge on any atom is -0.298 e. The Morgan fingerprint density at radius 2 is 1.88 bits per heavy atom. The maximum Gasteiger partial charge on any atom is 0.156 e. The van der Waals surface area contributed by atoms with Crippen LogP contribution in [0.3, 0.4) is 0 Å². The first kappa shape index (κ1) is 18.3. The van der Waals surface area contributed by atoms with Crippen molar-refractivity contribution in [1.82, 2.24) is 4.98 Å². The van der Waals surface area contributed by atoms with Crippen LogP contribution < -0.4 is 0 Å². The molecule has 0 aliphatic carbocycles. The molecule has 3 aromatic rings. The summed E-state index contributed by atoms with van der Waals surface area (Å²) < 4.78 is 0. The zero-order valence-electron chi connectivity index (χ0n) is 14.1. The summed E-state index contributed by atoms with van der Waals surface area (Å²) in [4.78, 5) is 17.0. The Morgan fingerprint density at radius 3 is 2.58 bits per heavy atom. The molecular weight excluding hydrogens is 364 g/mol. The predicted molar refractivity (Wildman–Crippen MR) is 105 cm³/mol. The van der Waals surface area contributed by atoms with Crippen LogP contribution in [-0.2, 0) is 11.2 Å². The van der Waals surface area contributed by atoms with E-state index in [0.29, 0.717) is 16.5 Å². The summed E-state index contributed by atoms with van der Waals surface area (Å²) in [7, 11) is 0. The molecule has 0 saturated heterocycles. The largest absolute Gasteiger partial charge is 0.298 e. The van der Waals surface area contributed by atoms with E-state index in [0.717, 1.165) is 24.1 Å². The molecule has 0 aliphatic rings. The van der Waals surface area contributed by atoms with Gasteiger partial charge in [-0.15, -0.1) is 11.3 Å². The van der Waals surface area contributed by atoms with Gasteiger partial charge in [-0.2, -0.15) is 5.26 Å². The lowest BCUT2D eigenvalue weighted by atomic mass is 9.99. The second kappa shape index (κ2) is 8.75. The van der Waals surface area contributed by atoms with Crippen molar-refractivity contribution in [3.63, 3.8) is 0 Å². The molecule has 26 heavy (non-hydrogen) atoms. The minimum absolute atomic E-state index is 0.0690. The molecule has 3 rings (SSSR count). The predicted octanol–water partition coefficient (Wildman–Crippen LogP) is 5.66. The van der Waals surface area contributed by atoms with Crippen LogP contribution in [0.25, 0.3) is 11.3 Å². The van der Waals surface area contributed by atoms with E-state index < -0.39 is 5.92 Å². The van der Waals surface area contributed by atoms with Gasteiger partial charge in [-0.05, 0) is 30.5 Å². The SMILES string of the molecule is N#CC(C(=O)CCCc1ccccc1)c1nc(-c2ccc(Cl)cc2)cs1. The third-order valence-electron chi connectivity index (χ3n) is 4.09. The summed E-state index contributed by atoms with van der Waals surface area (Å²) in [5.74, 6) is -0.864. The first-order chi connectivity index (χ1) is 12.7. The van der Waals surface area contributed by atoms with Gasteiger partial charge in [0.05, 0.1) is 11.8 Å². The summed E-state index contributed by atoms with van der Waals surface area (Å²) in [6.07, 6.45) is 1.94. The van der Waals surface area contributed by atoms with E-state index in [2.05, 4.69) is 11.1 Å². The van der Waals surface area contributed by atoms with E-state index in [-0.39, 0.29) is 5.78 Å². The highest BCUT2D eigenvalue weighted by Gasteiger charge is 2.23. The first-order valence-corrected chi connectivity index (χ1v) is 9.61. The molecule has 0 fully saturated rings. The fourth-order valence-corrected chi connectivity index (χ4v) is 3.71. The number of hydrogen-bond donors (Lipinski definition) is 0. The second-order valence-corrected chi connectivity index (χ2v) is 7.27. The average molecular weight is 381 g/mol. The molecule has 0 radical (unpaired) electrons. The molecule has 1 atom stereocenters. The number of aromatic nitrogens is 1. The van der Waals surface area contributed by atoms with Gasteiger partial charge in [0, 0.05) is 22.4 Å². The molecule has 1 unspecified atom stereocenters. The minimum atomic E-state index is -0.795. The van der Waals surface area contributed by atoms with Crippen LogP contribution in [0.1, 0.15) is 29.3 Å². The fourth-order valence-electron chi connectivity index (χ4n) is 2.69. The number of carbonyl (C=O) groups is 1. The molecule has 0 N–H and O–H groups in total. The Balaban J connectivity index is 1.64. The molecule has 0 spiro atoms. The van der Waals surface area contributed by atoms with Crippen molar-refractivity contribution in [2.45, 2.75) is 25.2 Å².